The minimum Gasteiger partial charge on any atom is -0.478 e. The van der Waals surface area contributed by atoms with Crippen LogP contribution in [0.1, 0.15) is 18.4 Å². The Kier molecular flexibility index (Phi) is 6.13. The van der Waals surface area contributed by atoms with Crippen LogP contribution in [0.2, 0.25) is 0 Å². The van der Waals surface area contributed by atoms with Gasteiger partial charge in [-0.2, -0.15) is 4.99 Å². The van der Waals surface area contributed by atoms with Gasteiger partial charge in [-0.3, -0.25) is 0 Å². The van der Waals surface area contributed by atoms with E-state index in [9.17, 15) is 4.79 Å². The van der Waals surface area contributed by atoms with Gasteiger partial charge in [0.25, 0.3) is 0 Å². The van der Waals surface area contributed by atoms with Gasteiger partial charge in [-0.1, -0.05) is 15.9 Å². The van der Waals surface area contributed by atoms with Gasteiger partial charge in [-0.15, -0.1) is 0 Å². The maximum absolute atomic E-state index is 10.3. The molecule has 3 N–H and O–H groups in total. The van der Waals surface area contributed by atoms with Gasteiger partial charge in [0.15, 0.2) is 0 Å². The number of ether oxygens (including phenoxy) is 1. The van der Waals surface area contributed by atoms with Crippen molar-refractivity contribution in [3.8, 4) is 5.88 Å². The molecule has 7 heteroatoms. The van der Waals surface area contributed by atoms with Gasteiger partial charge in [-0.05, 0) is 18.9 Å². The van der Waals surface area contributed by atoms with Crippen LogP contribution in [-0.4, -0.2) is 34.0 Å². The van der Waals surface area contributed by atoms with Gasteiger partial charge in [0.05, 0.1) is 6.61 Å². The van der Waals surface area contributed by atoms with Crippen LogP contribution in [0, 0.1) is 0 Å². The summed E-state index contributed by atoms with van der Waals surface area (Å²) >= 11 is 3.33. The zero-order valence-corrected chi connectivity index (χ0v) is 11.3. The van der Waals surface area contributed by atoms with Crippen LogP contribution in [-0.2, 0) is 0 Å². The van der Waals surface area contributed by atoms with E-state index in [1.165, 1.54) is 6.20 Å². The van der Waals surface area contributed by atoms with Gasteiger partial charge in [0, 0.05) is 23.2 Å². The fourth-order valence-corrected chi connectivity index (χ4v) is 1.55. The van der Waals surface area contributed by atoms with E-state index < -0.39 is 6.09 Å². The molecule has 1 rings (SSSR count). The molecule has 1 amide bonds. The van der Waals surface area contributed by atoms with Crippen LogP contribution in [0.3, 0.4) is 0 Å². The first-order valence-corrected chi connectivity index (χ1v) is 6.48. The van der Waals surface area contributed by atoms with Crippen molar-refractivity contribution < 1.29 is 14.6 Å². The van der Waals surface area contributed by atoms with E-state index in [1.807, 2.05) is 0 Å². The molecule has 0 atom stereocenters. The number of hydrogen-bond donors (Lipinski definition) is 2. The number of carbonyl (C=O) groups is 1. The topological polar surface area (TPSA) is 97.8 Å². The number of amidine groups is 1. The first kappa shape index (κ1) is 14.4. The van der Waals surface area contributed by atoms with Crippen LogP contribution in [0.5, 0.6) is 5.88 Å². The molecule has 6 nitrogen and oxygen atoms in total. The molecular weight excluding hydrogens is 302 g/mol. The predicted octanol–water partition coefficient (Wildman–Crippen LogP) is 2.02. The quantitative estimate of drug-likeness (QED) is 0.362. The fraction of sp³-hybridized carbons (Fsp3) is 0.364. The molecule has 18 heavy (non-hydrogen) atoms. The average Bonchev–Trinajstić information content (AvgIpc) is 2.34. The molecule has 0 fully saturated rings. The second-order valence-electron chi connectivity index (χ2n) is 3.41. The van der Waals surface area contributed by atoms with Crippen LogP contribution < -0.4 is 10.5 Å². The number of pyridine rings is 1. The standard InChI is InChI=1S/C11H14BrN3O3/c12-5-1-2-6-18-9-4-3-8(7-14-9)10(13)15-11(16)17/h3-4,7H,1-2,5-6H2,(H2,13,15)(H,16,17). The molecule has 0 unspecified atom stereocenters. The molecule has 0 aromatic carbocycles. The minimum atomic E-state index is -1.33. The Morgan fingerprint density at radius 1 is 1.50 bits per heavy atom. The van der Waals surface area contributed by atoms with E-state index in [0.29, 0.717) is 18.1 Å². The Bertz CT molecular complexity index is 420. The summed E-state index contributed by atoms with van der Waals surface area (Å²) < 4.78 is 5.39. The normalized spacial score (nSPS) is 11.3. The zero-order valence-electron chi connectivity index (χ0n) is 9.67. The van der Waals surface area contributed by atoms with Crippen molar-refractivity contribution in [1.29, 1.82) is 0 Å². The molecule has 1 aromatic heterocycles. The Morgan fingerprint density at radius 3 is 2.83 bits per heavy atom. The monoisotopic (exact) mass is 315 g/mol. The maximum Gasteiger partial charge on any atom is 0.433 e. The number of rotatable bonds is 6. The maximum atomic E-state index is 10.3. The smallest absolute Gasteiger partial charge is 0.433 e. The molecule has 98 valence electrons. The number of carboxylic acid groups (broad SMARTS) is 1. The molecule has 0 saturated heterocycles. The highest BCUT2D eigenvalue weighted by molar-refractivity contribution is 9.09. The molecule has 1 heterocycles. The number of nitrogens with zero attached hydrogens (tertiary/aromatic N) is 2. The van der Waals surface area contributed by atoms with E-state index in [4.69, 9.17) is 15.6 Å². The molecular formula is C11H14BrN3O3. The summed E-state index contributed by atoms with van der Waals surface area (Å²) in [5.41, 5.74) is 5.92. The fourth-order valence-electron chi connectivity index (χ4n) is 1.16. The van der Waals surface area contributed by atoms with Crippen molar-refractivity contribution in [3.05, 3.63) is 23.9 Å². The molecule has 0 spiro atoms. The number of hydrogen-bond acceptors (Lipinski definition) is 3. The summed E-state index contributed by atoms with van der Waals surface area (Å²) in [6, 6.07) is 3.25. The molecule has 0 saturated carbocycles. The highest BCUT2D eigenvalue weighted by Gasteiger charge is 2.02. The van der Waals surface area contributed by atoms with Crippen molar-refractivity contribution >= 4 is 27.9 Å². The Balaban J connectivity index is 2.54. The lowest BCUT2D eigenvalue weighted by molar-refractivity contribution is 0.205. The first-order valence-electron chi connectivity index (χ1n) is 5.35. The summed E-state index contributed by atoms with van der Waals surface area (Å²) in [6.45, 7) is 0.594. The van der Waals surface area contributed by atoms with Crippen molar-refractivity contribution in [2.75, 3.05) is 11.9 Å². The van der Waals surface area contributed by atoms with Crippen LogP contribution >= 0.6 is 15.9 Å². The largest absolute Gasteiger partial charge is 0.478 e. The number of nitrogens with two attached hydrogens (primary N) is 1. The molecule has 1 aromatic rings. The van der Waals surface area contributed by atoms with Gasteiger partial charge < -0.3 is 15.6 Å². The summed E-state index contributed by atoms with van der Waals surface area (Å²) in [6.07, 6.45) is 2.08. The van der Waals surface area contributed by atoms with Crippen molar-refractivity contribution in [1.82, 2.24) is 4.98 Å². The first-order chi connectivity index (χ1) is 8.63. The highest BCUT2D eigenvalue weighted by Crippen LogP contribution is 2.08. The Labute approximate surface area is 113 Å². The molecule has 0 aliphatic carbocycles. The highest BCUT2D eigenvalue weighted by atomic mass is 79.9. The Hall–Kier alpha value is -1.63. The van der Waals surface area contributed by atoms with Crippen molar-refractivity contribution in [2.24, 2.45) is 10.7 Å². The molecule has 0 aliphatic rings. The number of halogens is 1. The second kappa shape index (κ2) is 7.65. The predicted molar refractivity (Wildman–Crippen MR) is 71.5 cm³/mol. The number of aliphatic imine (C=N–C) groups is 1. The molecule has 0 aliphatic heterocycles. The van der Waals surface area contributed by atoms with Crippen molar-refractivity contribution in [2.45, 2.75) is 12.8 Å². The third kappa shape index (κ3) is 5.13. The van der Waals surface area contributed by atoms with E-state index in [1.54, 1.807) is 12.1 Å². The van der Waals surface area contributed by atoms with Crippen LogP contribution in [0.4, 0.5) is 4.79 Å². The van der Waals surface area contributed by atoms with Gasteiger partial charge in [0.1, 0.15) is 5.84 Å². The van der Waals surface area contributed by atoms with Gasteiger partial charge >= 0.3 is 6.09 Å². The summed E-state index contributed by atoms with van der Waals surface area (Å²) in [4.78, 5) is 17.5. The molecule has 0 bridgehead atoms. The summed E-state index contributed by atoms with van der Waals surface area (Å²) in [7, 11) is 0. The SMILES string of the molecule is NC(=NC(=O)O)c1ccc(OCCCCBr)nc1. The zero-order chi connectivity index (χ0) is 13.4. The van der Waals surface area contributed by atoms with Gasteiger partial charge in [-0.25, -0.2) is 9.78 Å². The summed E-state index contributed by atoms with van der Waals surface area (Å²) in [5.74, 6) is 0.400. The van der Waals surface area contributed by atoms with E-state index in [2.05, 4.69) is 25.9 Å². The third-order valence-electron chi connectivity index (χ3n) is 2.03. The lowest BCUT2D eigenvalue weighted by Crippen LogP contribution is -2.15. The number of unbranched alkanes of at least 4 members (excludes halogenated alkanes) is 1. The lowest BCUT2D eigenvalue weighted by atomic mass is 10.2. The average molecular weight is 316 g/mol. The van der Waals surface area contributed by atoms with E-state index >= 15 is 0 Å². The summed E-state index contributed by atoms with van der Waals surface area (Å²) in [5, 5.41) is 9.40. The van der Waals surface area contributed by atoms with Crippen molar-refractivity contribution in [3.63, 3.8) is 0 Å². The van der Waals surface area contributed by atoms with E-state index in [0.717, 1.165) is 18.2 Å². The number of aromatic nitrogens is 1. The Morgan fingerprint density at radius 2 is 2.28 bits per heavy atom. The minimum absolute atomic E-state index is 0.0826. The number of amides is 1. The third-order valence-corrected chi connectivity index (χ3v) is 2.59. The number of alkyl halides is 1. The lowest BCUT2D eigenvalue weighted by Gasteiger charge is -2.05. The van der Waals surface area contributed by atoms with E-state index in [-0.39, 0.29) is 5.84 Å². The second-order valence-corrected chi connectivity index (χ2v) is 4.20. The van der Waals surface area contributed by atoms with Crippen LogP contribution in [0.25, 0.3) is 0 Å². The van der Waals surface area contributed by atoms with Crippen LogP contribution in [0.15, 0.2) is 23.3 Å². The molecule has 0 radical (unpaired) electrons. The van der Waals surface area contributed by atoms with Gasteiger partial charge in [0.2, 0.25) is 5.88 Å².